The van der Waals surface area contributed by atoms with Gasteiger partial charge >= 0.3 is 0 Å². The SMILES string of the molecule is CC(C)c1ccc(-c2c(NCc3ccc(F)cc3)c(=O)c2=O)cc1. The lowest BCUT2D eigenvalue weighted by atomic mass is 9.95. The molecule has 4 heteroatoms. The molecule has 1 N–H and O–H groups in total. The van der Waals surface area contributed by atoms with Gasteiger partial charge in [-0.3, -0.25) is 9.59 Å². The summed E-state index contributed by atoms with van der Waals surface area (Å²) in [5.41, 5.74) is 2.56. The molecule has 0 radical (unpaired) electrons. The summed E-state index contributed by atoms with van der Waals surface area (Å²) in [6, 6.07) is 13.7. The number of hydrogen-bond acceptors (Lipinski definition) is 3. The van der Waals surface area contributed by atoms with Crippen LogP contribution in [-0.4, -0.2) is 0 Å². The van der Waals surface area contributed by atoms with Gasteiger partial charge in [0.1, 0.15) is 5.82 Å². The average molecular weight is 323 g/mol. The molecule has 24 heavy (non-hydrogen) atoms. The first-order valence-corrected chi connectivity index (χ1v) is 7.89. The quantitative estimate of drug-likeness (QED) is 0.726. The average Bonchev–Trinajstić information content (AvgIpc) is 2.59. The Kier molecular flexibility index (Phi) is 4.30. The molecule has 0 saturated carbocycles. The highest BCUT2D eigenvalue weighted by atomic mass is 19.1. The minimum absolute atomic E-state index is 0.307. The molecule has 0 aliphatic carbocycles. The lowest BCUT2D eigenvalue weighted by molar-refractivity contribution is 0.627. The highest BCUT2D eigenvalue weighted by molar-refractivity contribution is 5.81. The lowest BCUT2D eigenvalue weighted by Gasteiger charge is -2.14. The van der Waals surface area contributed by atoms with E-state index in [1.807, 2.05) is 24.3 Å². The molecular weight excluding hydrogens is 305 g/mol. The van der Waals surface area contributed by atoms with Gasteiger partial charge in [0, 0.05) is 6.54 Å². The van der Waals surface area contributed by atoms with Crippen molar-refractivity contribution in [2.45, 2.75) is 26.3 Å². The molecule has 0 spiro atoms. The summed E-state index contributed by atoms with van der Waals surface area (Å²) >= 11 is 0. The number of nitrogens with one attached hydrogen (secondary N) is 1. The summed E-state index contributed by atoms with van der Waals surface area (Å²) in [7, 11) is 0. The Balaban J connectivity index is 1.83. The molecule has 0 amide bonds. The summed E-state index contributed by atoms with van der Waals surface area (Å²) < 4.78 is 12.9. The Morgan fingerprint density at radius 1 is 0.917 bits per heavy atom. The topological polar surface area (TPSA) is 46.2 Å². The van der Waals surface area contributed by atoms with Crippen LogP contribution in [0.2, 0.25) is 0 Å². The van der Waals surface area contributed by atoms with E-state index in [0.717, 1.165) is 11.1 Å². The number of rotatable bonds is 5. The normalized spacial score (nSPS) is 11.2. The molecule has 3 rings (SSSR count). The predicted molar refractivity (Wildman–Crippen MR) is 94.6 cm³/mol. The number of benzene rings is 2. The molecular formula is C20H18FNO2. The van der Waals surface area contributed by atoms with Gasteiger partial charge in [-0.15, -0.1) is 0 Å². The lowest BCUT2D eigenvalue weighted by Crippen LogP contribution is -2.36. The molecule has 0 saturated heterocycles. The van der Waals surface area contributed by atoms with Crippen LogP contribution in [0.4, 0.5) is 10.1 Å². The minimum atomic E-state index is -0.500. The highest BCUT2D eigenvalue weighted by Gasteiger charge is 2.22. The van der Waals surface area contributed by atoms with Crippen molar-refractivity contribution in [3.05, 3.63) is 85.9 Å². The van der Waals surface area contributed by atoms with Crippen LogP contribution >= 0.6 is 0 Å². The van der Waals surface area contributed by atoms with Gasteiger partial charge in [-0.25, -0.2) is 4.39 Å². The first kappa shape index (κ1) is 16.1. The van der Waals surface area contributed by atoms with Crippen LogP contribution in [0.5, 0.6) is 0 Å². The van der Waals surface area contributed by atoms with E-state index in [2.05, 4.69) is 19.2 Å². The van der Waals surface area contributed by atoms with E-state index >= 15 is 0 Å². The van der Waals surface area contributed by atoms with Crippen LogP contribution in [0.25, 0.3) is 11.1 Å². The third-order valence-electron chi connectivity index (χ3n) is 4.16. The van der Waals surface area contributed by atoms with Crippen LogP contribution in [-0.2, 0) is 6.54 Å². The second-order valence-electron chi connectivity index (χ2n) is 6.16. The summed E-state index contributed by atoms with van der Waals surface area (Å²) in [6.07, 6.45) is 0. The standard InChI is InChI=1S/C20H18FNO2/c1-12(2)14-5-7-15(8-6-14)17-18(20(24)19(17)23)22-11-13-3-9-16(21)10-4-13/h3-10,12,22H,11H2,1-2H3. The van der Waals surface area contributed by atoms with Crippen molar-refractivity contribution in [3.8, 4) is 11.1 Å². The third-order valence-corrected chi connectivity index (χ3v) is 4.16. The van der Waals surface area contributed by atoms with Gasteiger partial charge in [0.05, 0.1) is 11.3 Å². The van der Waals surface area contributed by atoms with Gasteiger partial charge in [-0.05, 0) is 34.7 Å². The van der Waals surface area contributed by atoms with Crippen molar-refractivity contribution in [2.24, 2.45) is 0 Å². The molecule has 0 bridgehead atoms. The summed E-state index contributed by atoms with van der Waals surface area (Å²) in [4.78, 5) is 23.8. The van der Waals surface area contributed by atoms with Crippen LogP contribution in [0.3, 0.4) is 0 Å². The fourth-order valence-corrected chi connectivity index (χ4v) is 2.66. The number of anilines is 1. The molecule has 0 aliphatic heterocycles. The Labute approximate surface area is 139 Å². The third kappa shape index (κ3) is 3.00. The van der Waals surface area contributed by atoms with E-state index in [-0.39, 0.29) is 5.82 Å². The maximum atomic E-state index is 12.9. The maximum absolute atomic E-state index is 12.9. The van der Waals surface area contributed by atoms with E-state index in [4.69, 9.17) is 0 Å². The molecule has 0 aromatic heterocycles. The first-order chi connectivity index (χ1) is 11.5. The van der Waals surface area contributed by atoms with Crippen molar-refractivity contribution in [2.75, 3.05) is 5.32 Å². The first-order valence-electron chi connectivity index (χ1n) is 7.89. The second kappa shape index (κ2) is 6.40. The fraction of sp³-hybridized carbons (Fsp3) is 0.200. The smallest absolute Gasteiger partial charge is 0.250 e. The van der Waals surface area contributed by atoms with Crippen molar-refractivity contribution < 1.29 is 4.39 Å². The Bertz CT molecular complexity index is 918. The van der Waals surface area contributed by atoms with E-state index in [0.29, 0.717) is 23.7 Å². The monoisotopic (exact) mass is 323 g/mol. The molecule has 122 valence electrons. The molecule has 0 heterocycles. The molecule has 3 nitrogen and oxygen atoms in total. The van der Waals surface area contributed by atoms with Crippen LogP contribution in [0.15, 0.2) is 58.1 Å². The van der Waals surface area contributed by atoms with Crippen LogP contribution in [0, 0.1) is 5.82 Å². The summed E-state index contributed by atoms with van der Waals surface area (Å²) in [5, 5.41) is 3.01. The van der Waals surface area contributed by atoms with Gasteiger partial charge in [-0.2, -0.15) is 0 Å². The molecule has 0 aliphatic rings. The molecule has 3 aromatic rings. The van der Waals surface area contributed by atoms with Crippen LogP contribution < -0.4 is 16.2 Å². The second-order valence-corrected chi connectivity index (χ2v) is 6.16. The largest absolute Gasteiger partial charge is 0.377 e. The zero-order valence-electron chi connectivity index (χ0n) is 13.6. The Hall–Kier alpha value is -2.75. The van der Waals surface area contributed by atoms with E-state index in [1.54, 1.807) is 12.1 Å². The van der Waals surface area contributed by atoms with E-state index in [1.165, 1.54) is 17.7 Å². The van der Waals surface area contributed by atoms with Gasteiger partial charge in [0.2, 0.25) is 10.9 Å². The predicted octanol–water partition coefficient (Wildman–Crippen LogP) is 3.82. The fourth-order valence-electron chi connectivity index (χ4n) is 2.66. The molecule has 3 aromatic carbocycles. The van der Waals surface area contributed by atoms with Gasteiger partial charge in [0.25, 0.3) is 0 Å². The van der Waals surface area contributed by atoms with Crippen molar-refractivity contribution in [1.82, 2.24) is 0 Å². The minimum Gasteiger partial charge on any atom is -0.377 e. The molecule has 0 unspecified atom stereocenters. The van der Waals surface area contributed by atoms with E-state index in [9.17, 15) is 14.0 Å². The van der Waals surface area contributed by atoms with E-state index < -0.39 is 10.9 Å². The summed E-state index contributed by atoms with van der Waals surface area (Å²) in [5.74, 6) is 0.0987. The number of hydrogen-bond donors (Lipinski definition) is 1. The Morgan fingerprint density at radius 3 is 2.12 bits per heavy atom. The molecule has 0 atom stereocenters. The van der Waals surface area contributed by atoms with Crippen molar-refractivity contribution in [1.29, 1.82) is 0 Å². The van der Waals surface area contributed by atoms with Crippen molar-refractivity contribution >= 4 is 5.69 Å². The van der Waals surface area contributed by atoms with Gasteiger partial charge in [-0.1, -0.05) is 50.2 Å². The van der Waals surface area contributed by atoms with Crippen LogP contribution in [0.1, 0.15) is 30.9 Å². The maximum Gasteiger partial charge on any atom is 0.250 e. The zero-order valence-corrected chi connectivity index (χ0v) is 13.6. The van der Waals surface area contributed by atoms with Crippen molar-refractivity contribution in [3.63, 3.8) is 0 Å². The summed E-state index contributed by atoms with van der Waals surface area (Å²) in [6.45, 7) is 4.56. The Morgan fingerprint density at radius 2 is 1.54 bits per heavy atom. The zero-order chi connectivity index (χ0) is 17.3. The van der Waals surface area contributed by atoms with Gasteiger partial charge < -0.3 is 5.32 Å². The highest BCUT2D eigenvalue weighted by Crippen LogP contribution is 2.26. The van der Waals surface area contributed by atoms with Gasteiger partial charge in [0.15, 0.2) is 0 Å². The number of halogens is 1. The molecule has 0 fully saturated rings.